The minimum atomic E-state index is 0.436. The second-order valence-electron chi connectivity index (χ2n) is 2.74. The molecule has 12 heavy (non-hydrogen) atoms. The van der Waals surface area contributed by atoms with Crippen molar-refractivity contribution in [2.24, 2.45) is 5.84 Å². The average molecular weight is 186 g/mol. The lowest BCUT2D eigenvalue weighted by molar-refractivity contribution is 0.473. The van der Waals surface area contributed by atoms with Crippen LogP contribution in [0, 0.1) is 12.3 Å². The van der Waals surface area contributed by atoms with Crippen molar-refractivity contribution < 1.29 is 0 Å². The molecule has 0 heterocycles. The van der Waals surface area contributed by atoms with E-state index in [0.29, 0.717) is 6.04 Å². The first-order chi connectivity index (χ1) is 5.85. The number of hydrogen-bond donors (Lipinski definition) is 2. The smallest absolute Gasteiger partial charge is 0.0218 e. The molecular formula is C9H18N2S. The molecule has 0 aromatic heterocycles. The Kier molecular flexibility index (Phi) is 8.80. The number of terminal acetylenes is 1. The first-order valence-corrected chi connectivity index (χ1v) is 5.63. The number of hydrazine groups is 1. The molecule has 0 saturated heterocycles. The van der Waals surface area contributed by atoms with Gasteiger partial charge in [-0.3, -0.25) is 11.3 Å². The highest BCUT2D eigenvalue weighted by atomic mass is 32.2. The van der Waals surface area contributed by atoms with Crippen LogP contribution < -0.4 is 11.3 Å². The molecule has 0 aliphatic carbocycles. The van der Waals surface area contributed by atoms with Crippen LogP contribution in [0.15, 0.2) is 0 Å². The van der Waals surface area contributed by atoms with Gasteiger partial charge in [-0.05, 0) is 31.3 Å². The van der Waals surface area contributed by atoms with Gasteiger partial charge in [-0.25, -0.2) is 0 Å². The Bertz CT molecular complexity index is 131. The maximum Gasteiger partial charge on any atom is 0.0218 e. The zero-order valence-electron chi connectivity index (χ0n) is 7.68. The fourth-order valence-corrected chi connectivity index (χ4v) is 1.54. The van der Waals surface area contributed by atoms with Gasteiger partial charge in [0.25, 0.3) is 0 Å². The van der Waals surface area contributed by atoms with Gasteiger partial charge in [-0.15, -0.1) is 12.3 Å². The van der Waals surface area contributed by atoms with Crippen molar-refractivity contribution in [1.82, 2.24) is 5.43 Å². The zero-order chi connectivity index (χ0) is 9.23. The van der Waals surface area contributed by atoms with Crippen LogP contribution in [-0.2, 0) is 0 Å². The molecule has 70 valence electrons. The van der Waals surface area contributed by atoms with E-state index in [0.717, 1.165) is 31.4 Å². The Morgan fingerprint density at radius 3 is 2.83 bits per heavy atom. The quantitative estimate of drug-likeness (QED) is 0.273. The van der Waals surface area contributed by atoms with Gasteiger partial charge in [-0.1, -0.05) is 0 Å². The lowest BCUT2D eigenvalue weighted by Crippen LogP contribution is -2.35. The molecule has 0 saturated carbocycles. The molecule has 3 N–H and O–H groups in total. The van der Waals surface area contributed by atoms with Crippen LogP contribution in [-0.4, -0.2) is 18.1 Å². The number of thioether (sulfide) groups is 1. The van der Waals surface area contributed by atoms with Crippen LogP contribution >= 0.6 is 11.8 Å². The summed E-state index contributed by atoms with van der Waals surface area (Å²) < 4.78 is 0. The van der Waals surface area contributed by atoms with E-state index in [2.05, 4.69) is 17.6 Å². The predicted octanol–water partition coefficient (Wildman–Crippen LogP) is 1.37. The summed E-state index contributed by atoms with van der Waals surface area (Å²) in [7, 11) is 0. The van der Waals surface area contributed by atoms with Crippen LogP contribution in [0.1, 0.15) is 25.7 Å². The standard InChI is InChI=1S/C9H18N2S/c1-3-4-5-6-9(11-10)7-8-12-2/h1,9,11H,4-8,10H2,2H3. The van der Waals surface area contributed by atoms with Crippen LogP contribution in [0.3, 0.4) is 0 Å². The van der Waals surface area contributed by atoms with Gasteiger partial charge in [0.05, 0.1) is 0 Å². The number of nitrogens with one attached hydrogen (secondary N) is 1. The van der Waals surface area contributed by atoms with Crippen LogP contribution in [0.5, 0.6) is 0 Å². The normalized spacial score (nSPS) is 12.4. The molecule has 0 radical (unpaired) electrons. The number of nitrogens with two attached hydrogens (primary N) is 1. The molecule has 1 unspecified atom stereocenters. The minimum Gasteiger partial charge on any atom is -0.271 e. The Morgan fingerprint density at radius 2 is 2.33 bits per heavy atom. The third kappa shape index (κ3) is 6.53. The summed E-state index contributed by atoms with van der Waals surface area (Å²) in [5.41, 5.74) is 2.81. The predicted molar refractivity (Wildman–Crippen MR) is 56.8 cm³/mol. The zero-order valence-corrected chi connectivity index (χ0v) is 8.49. The molecule has 3 heteroatoms. The van der Waals surface area contributed by atoms with E-state index in [1.807, 2.05) is 11.8 Å². The number of unbranched alkanes of at least 4 members (excludes halogenated alkanes) is 1. The Morgan fingerprint density at radius 1 is 1.58 bits per heavy atom. The van der Waals surface area contributed by atoms with E-state index >= 15 is 0 Å². The first-order valence-electron chi connectivity index (χ1n) is 4.23. The van der Waals surface area contributed by atoms with E-state index in [4.69, 9.17) is 12.3 Å². The van der Waals surface area contributed by atoms with E-state index in [1.54, 1.807) is 0 Å². The van der Waals surface area contributed by atoms with E-state index < -0.39 is 0 Å². The summed E-state index contributed by atoms with van der Waals surface area (Å²) in [6, 6.07) is 0.436. The van der Waals surface area contributed by atoms with Crippen LogP contribution in [0.4, 0.5) is 0 Å². The van der Waals surface area contributed by atoms with Crippen molar-refractivity contribution in [3.05, 3.63) is 0 Å². The molecule has 2 nitrogen and oxygen atoms in total. The molecule has 0 aromatic carbocycles. The largest absolute Gasteiger partial charge is 0.271 e. The summed E-state index contributed by atoms with van der Waals surface area (Å²) in [4.78, 5) is 0. The maximum atomic E-state index is 5.38. The third-order valence-corrected chi connectivity index (χ3v) is 2.42. The maximum absolute atomic E-state index is 5.38. The van der Waals surface area contributed by atoms with Gasteiger partial charge in [0, 0.05) is 12.5 Å². The monoisotopic (exact) mass is 186 g/mol. The van der Waals surface area contributed by atoms with Gasteiger partial charge >= 0.3 is 0 Å². The average Bonchev–Trinajstić information content (AvgIpc) is 2.11. The van der Waals surface area contributed by atoms with Gasteiger partial charge in [0.1, 0.15) is 0 Å². The molecule has 0 aromatic rings. The lowest BCUT2D eigenvalue weighted by atomic mass is 10.1. The van der Waals surface area contributed by atoms with Gasteiger partial charge in [-0.2, -0.15) is 11.8 Å². The SMILES string of the molecule is C#CCCCC(CCSC)NN. The van der Waals surface area contributed by atoms with Gasteiger partial charge in [0.2, 0.25) is 0 Å². The second-order valence-corrected chi connectivity index (χ2v) is 3.73. The summed E-state index contributed by atoms with van der Waals surface area (Å²) >= 11 is 1.85. The fraction of sp³-hybridized carbons (Fsp3) is 0.778. The molecule has 0 aliphatic heterocycles. The topological polar surface area (TPSA) is 38.0 Å². The molecule has 0 spiro atoms. The molecule has 0 amide bonds. The van der Waals surface area contributed by atoms with Crippen molar-refractivity contribution in [2.45, 2.75) is 31.7 Å². The first kappa shape index (κ1) is 11.8. The van der Waals surface area contributed by atoms with Crippen LogP contribution in [0.2, 0.25) is 0 Å². The Balaban J connectivity index is 3.34. The third-order valence-electron chi connectivity index (χ3n) is 1.78. The van der Waals surface area contributed by atoms with Crippen molar-refractivity contribution in [1.29, 1.82) is 0 Å². The molecule has 0 bridgehead atoms. The molecular weight excluding hydrogens is 168 g/mol. The van der Waals surface area contributed by atoms with Crippen molar-refractivity contribution in [3.8, 4) is 12.3 Å². The Hall–Kier alpha value is -0.170. The number of rotatable bonds is 7. The number of hydrogen-bond acceptors (Lipinski definition) is 3. The molecule has 0 rings (SSSR count). The van der Waals surface area contributed by atoms with Crippen molar-refractivity contribution in [3.63, 3.8) is 0 Å². The van der Waals surface area contributed by atoms with Gasteiger partial charge in [0.15, 0.2) is 0 Å². The fourth-order valence-electron chi connectivity index (χ4n) is 1.02. The second kappa shape index (κ2) is 8.92. The molecule has 1 atom stereocenters. The van der Waals surface area contributed by atoms with E-state index in [-0.39, 0.29) is 0 Å². The summed E-state index contributed by atoms with van der Waals surface area (Å²) in [6.07, 6.45) is 11.4. The molecule has 0 fully saturated rings. The van der Waals surface area contributed by atoms with Crippen molar-refractivity contribution >= 4 is 11.8 Å². The van der Waals surface area contributed by atoms with E-state index in [1.165, 1.54) is 0 Å². The Labute approximate surface area is 79.6 Å². The highest BCUT2D eigenvalue weighted by Gasteiger charge is 2.04. The lowest BCUT2D eigenvalue weighted by Gasteiger charge is -2.13. The summed E-state index contributed by atoms with van der Waals surface area (Å²) in [5.74, 6) is 9.17. The summed E-state index contributed by atoms with van der Waals surface area (Å²) in [6.45, 7) is 0. The highest BCUT2D eigenvalue weighted by Crippen LogP contribution is 2.06. The van der Waals surface area contributed by atoms with Gasteiger partial charge < -0.3 is 0 Å². The highest BCUT2D eigenvalue weighted by molar-refractivity contribution is 7.98. The van der Waals surface area contributed by atoms with E-state index in [9.17, 15) is 0 Å². The molecule has 0 aliphatic rings. The summed E-state index contributed by atoms with van der Waals surface area (Å²) in [5, 5.41) is 0. The minimum absolute atomic E-state index is 0.436. The van der Waals surface area contributed by atoms with Crippen molar-refractivity contribution in [2.75, 3.05) is 12.0 Å². The van der Waals surface area contributed by atoms with Crippen LogP contribution in [0.25, 0.3) is 0 Å².